The van der Waals surface area contributed by atoms with Gasteiger partial charge in [0.2, 0.25) is 0 Å². The average molecular weight is 369 g/mol. The molecule has 0 heterocycles. The van der Waals surface area contributed by atoms with E-state index in [1.807, 2.05) is 12.1 Å². The minimum absolute atomic E-state index is 0.112. The molecule has 0 aromatic heterocycles. The van der Waals surface area contributed by atoms with Gasteiger partial charge in [-0.05, 0) is 80.1 Å². The lowest BCUT2D eigenvalue weighted by atomic mass is 9.84. The largest absolute Gasteiger partial charge is 0.459 e. The molecule has 148 valence electrons. The third-order valence-corrected chi connectivity index (χ3v) is 6.62. The van der Waals surface area contributed by atoms with Crippen molar-refractivity contribution in [2.24, 2.45) is 11.8 Å². The summed E-state index contributed by atoms with van der Waals surface area (Å²) in [5, 5.41) is 0. The number of ether oxygens (including phenoxy) is 1. The maximum Gasteiger partial charge on any atom is 0.338 e. The average Bonchev–Trinajstić information content (AvgIpc) is 2.73. The molecule has 0 N–H and O–H groups in total. The highest BCUT2D eigenvalue weighted by molar-refractivity contribution is 5.90. The van der Waals surface area contributed by atoms with Gasteiger partial charge in [-0.25, -0.2) is 4.79 Å². The van der Waals surface area contributed by atoms with Crippen LogP contribution in [0.2, 0.25) is 0 Å². The first kappa shape index (κ1) is 20.2. The lowest BCUT2D eigenvalue weighted by molar-refractivity contribution is 0.0164. The Morgan fingerprint density at radius 3 is 2.33 bits per heavy atom. The fraction of sp³-hybridized carbons (Fsp3) is 0.640. The molecule has 1 saturated carbocycles. The van der Waals surface area contributed by atoms with Gasteiger partial charge in [0.25, 0.3) is 0 Å². The molecule has 1 unspecified atom stereocenters. The zero-order valence-corrected chi connectivity index (χ0v) is 17.2. The molecule has 3 rings (SSSR count). The molecule has 2 aliphatic rings. The van der Waals surface area contributed by atoms with Crippen LogP contribution in [0.4, 0.5) is 0 Å². The lowest BCUT2D eigenvalue weighted by Crippen LogP contribution is -2.24. The lowest BCUT2D eigenvalue weighted by Gasteiger charge is -2.27. The van der Waals surface area contributed by atoms with Crippen LogP contribution in [0.3, 0.4) is 0 Å². The van der Waals surface area contributed by atoms with E-state index in [1.165, 1.54) is 68.9 Å². The van der Waals surface area contributed by atoms with E-state index in [1.54, 1.807) is 0 Å². The van der Waals surface area contributed by atoms with Gasteiger partial charge in [-0.2, -0.15) is 0 Å². The van der Waals surface area contributed by atoms with E-state index in [9.17, 15) is 4.79 Å². The maximum absolute atomic E-state index is 12.5. The van der Waals surface area contributed by atoms with Gasteiger partial charge in [0.05, 0.1) is 5.56 Å². The molecule has 0 saturated heterocycles. The Bertz CT molecular complexity index is 620. The first-order valence-electron chi connectivity index (χ1n) is 11.2. The summed E-state index contributed by atoms with van der Waals surface area (Å²) in [4.78, 5) is 12.5. The number of esters is 1. The number of benzene rings is 1. The summed E-state index contributed by atoms with van der Waals surface area (Å²) in [6.45, 7) is 4.53. The van der Waals surface area contributed by atoms with Crippen LogP contribution in [-0.2, 0) is 4.74 Å². The number of carbonyl (C=O) groups excluding carboxylic acids is 1. The molecule has 0 spiro atoms. The first-order valence-corrected chi connectivity index (χ1v) is 11.2. The second-order valence-electron chi connectivity index (χ2n) is 8.55. The molecule has 2 nitrogen and oxygen atoms in total. The normalized spacial score (nSPS) is 25.7. The molecule has 1 aromatic carbocycles. The Hall–Kier alpha value is -1.57. The van der Waals surface area contributed by atoms with Crippen molar-refractivity contribution in [1.29, 1.82) is 0 Å². The standard InChI is InChI=1S/C25H36O2/c1-3-5-6-20-7-11-21(12-8-20)22-13-15-23(16-14-22)25(26)27-24-17-9-19(4-2)10-18-24/h11,13-16,19-20,24H,3-10,12,17-18H2,1-2H3/t19-,20?,24-. The van der Waals surface area contributed by atoms with Crippen molar-refractivity contribution in [3.63, 3.8) is 0 Å². The highest BCUT2D eigenvalue weighted by Gasteiger charge is 2.23. The molecule has 0 radical (unpaired) electrons. The van der Waals surface area contributed by atoms with Gasteiger partial charge >= 0.3 is 5.97 Å². The maximum atomic E-state index is 12.5. The summed E-state index contributed by atoms with van der Waals surface area (Å²) in [6, 6.07) is 8.09. The monoisotopic (exact) mass is 368 g/mol. The van der Waals surface area contributed by atoms with Crippen LogP contribution in [0, 0.1) is 11.8 Å². The van der Waals surface area contributed by atoms with Crippen molar-refractivity contribution in [2.45, 2.75) is 90.6 Å². The van der Waals surface area contributed by atoms with Crippen LogP contribution in [0.25, 0.3) is 5.57 Å². The second kappa shape index (κ2) is 10.1. The highest BCUT2D eigenvalue weighted by Crippen LogP contribution is 2.33. The molecular formula is C25H36O2. The SMILES string of the molecule is CCCCC1CC=C(c2ccc(C(=O)O[C@H]3CC[C@H](CC)CC3)cc2)CC1. The van der Waals surface area contributed by atoms with Crippen molar-refractivity contribution >= 4 is 11.5 Å². The fourth-order valence-corrected chi connectivity index (χ4v) is 4.60. The van der Waals surface area contributed by atoms with Crippen LogP contribution in [0.5, 0.6) is 0 Å². The number of unbranched alkanes of at least 4 members (excludes halogenated alkanes) is 1. The van der Waals surface area contributed by atoms with Gasteiger partial charge < -0.3 is 4.74 Å². The van der Waals surface area contributed by atoms with Crippen LogP contribution in [0.15, 0.2) is 30.3 Å². The van der Waals surface area contributed by atoms with E-state index < -0.39 is 0 Å². The smallest absolute Gasteiger partial charge is 0.338 e. The third-order valence-electron chi connectivity index (χ3n) is 6.62. The fourth-order valence-electron chi connectivity index (χ4n) is 4.60. The molecule has 0 bridgehead atoms. The number of hydrogen-bond donors (Lipinski definition) is 0. The van der Waals surface area contributed by atoms with Crippen molar-refractivity contribution in [2.75, 3.05) is 0 Å². The summed E-state index contributed by atoms with van der Waals surface area (Å²) in [7, 11) is 0. The Labute approximate surface area is 165 Å². The molecule has 1 aromatic rings. The number of allylic oxidation sites excluding steroid dienone is 2. The van der Waals surface area contributed by atoms with E-state index in [0.29, 0.717) is 5.56 Å². The quantitative estimate of drug-likeness (QED) is 0.476. The summed E-state index contributed by atoms with van der Waals surface area (Å²) in [6.07, 6.45) is 15.9. The van der Waals surface area contributed by atoms with Crippen LogP contribution >= 0.6 is 0 Å². The Balaban J connectivity index is 1.51. The minimum Gasteiger partial charge on any atom is -0.459 e. The molecular weight excluding hydrogens is 332 g/mol. The summed E-state index contributed by atoms with van der Waals surface area (Å²) < 4.78 is 5.75. The predicted molar refractivity (Wildman–Crippen MR) is 113 cm³/mol. The van der Waals surface area contributed by atoms with Gasteiger partial charge in [-0.1, -0.05) is 57.7 Å². The van der Waals surface area contributed by atoms with Gasteiger partial charge in [-0.3, -0.25) is 0 Å². The summed E-state index contributed by atoms with van der Waals surface area (Å²) >= 11 is 0. The Kier molecular flexibility index (Phi) is 7.55. The molecule has 2 aliphatic carbocycles. The van der Waals surface area contributed by atoms with Gasteiger partial charge in [0, 0.05) is 0 Å². The first-order chi connectivity index (χ1) is 13.2. The van der Waals surface area contributed by atoms with Crippen molar-refractivity contribution in [3.05, 3.63) is 41.5 Å². The topological polar surface area (TPSA) is 26.3 Å². The van der Waals surface area contributed by atoms with Gasteiger partial charge in [-0.15, -0.1) is 0 Å². The van der Waals surface area contributed by atoms with Crippen LogP contribution in [-0.4, -0.2) is 12.1 Å². The summed E-state index contributed by atoms with van der Waals surface area (Å²) in [5.41, 5.74) is 3.40. The predicted octanol–water partition coefficient (Wildman–Crippen LogP) is 7.19. The zero-order chi connectivity index (χ0) is 19.1. The molecule has 0 amide bonds. The van der Waals surface area contributed by atoms with E-state index in [-0.39, 0.29) is 12.1 Å². The Morgan fingerprint density at radius 1 is 1.00 bits per heavy atom. The van der Waals surface area contributed by atoms with Gasteiger partial charge in [0.15, 0.2) is 0 Å². The van der Waals surface area contributed by atoms with Crippen molar-refractivity contribution in [1.82, 2.24) is 0 Å². The van der Waals surface area contributed by atoms with Crippen molar-refractivity contribution < 1.29 is 9.53 Å². The van der Waals surface area contributed by atoms with E-state index >= 15 is 0 Å². The van der Waals surface area contributed by atoms with Crippen LogP contribution in [0.1, 0.15) is 100 Å². The minimum atomic E-state index is -0.154. The number of carbonyl (C=O) groups is 1. The Morgan fingerprint density at radius 2 is 1.74 bits per heavy atom. The second-order valence-corrected chi connectivity index (χ2v) is 8.55. The number of rotatable bonds is 7. The highest BCUT2D eigenvalue weighted by atomic mass is 16.5. The zero-order valence-electron chi connectivity index (χ0n) is 17.2. The summed E-state index contributed by atoms with van der Waals surface area (Å²) in [5.74, 6) is 1.54. The third kappa shape index (κ3) is 5.70. The van der Waals surface area contributed by atoms with E-state index in [2.05, 4.69) is 32.1 Å². The molecule has 0 aliphatic heterocycles. The number of hydrogen-bond acceptors (Lipinski definition) is 2. The molecule has 1 atom stereocenters. The molecule has 27 heavy (non-hydrogen) atoms. The van der Waals surface area contributed by atoms with E-state index in [0.717, 1.165) is 24.7 Å². The van der Waals surface area contributed by atoms with Crippen LogP contribution < -0.4 is 0 Å². The van der Waals surface area contributed by atoms with Gasteiger partial charge in [0.1, 0.15) is 6.10 Å². The molecule has 1 fully saturated rings. The van der Waals surface area contributed by atoms with Crippen molar-refractivity contribution in [3.8, 4) is 0 Å². The molecule has 2 heteroatoms. The van der Waals surface area contributed by atoms with E-state index in [4.69, 9.17) is 4.74 Å².